The maximum absolute atomic E-state index is 14.0. The van der Waals surface area contributed by atoms with Crippen molar-refractivity contribution in [1.82, 2.24) is 14.8 Å². The first-order chi connectivity index (χ1) is 21.7. The van der Waals surface area contributed by atoms with E-state index < -0.39 is 34.9 Å². The van der Waals surface area contributed by atoms with Crippen LogP contribution in [0, 0.1) is 22.9 Å². The molecule has 1 atom stereocenters. The van der Waals surface area contributed by atoms with Crippen molar-refractivity contribution >= 4 is 28.6 Å². The molecule has 2 aliphatic rings. The molecule has 5 rings (SSSR count). The largest absolute Gasteiger partial charge is 0.497 e. The topological polar surface area (TPSA) is 95.4 Å². The van der Waals surface area contributed by atoms with E-state index in [0.717, 1.165) is 52.9 Å². The maximum atomic E-state index is 14.0. The fourth-order valence-corrected chi connectivity index (χ4v) is 7.47. The van der Waals surface area contributed by atoms with Gasteiger partial charge in [0.05, 0.1) is 38.4 Å². The number of thioether (sulfide) groups is 1. The number of piperidine rings is 1. The molecular formula is C33H40F3N3O5S. The maximum Gasteiger partial charge on any atom is 0.303 e. The van der Waals surface area contributed by atoms with Crippen LogP contribution >= 0.6 is 11.8 Å². The number of carbonyl (C=O) groups is 1. The molecule has 0 unspecified atom stereocenters. The van der Waals surface area contributed by atoms with E-state index in [1.807, 2.05) is 24.4 Å². The number of carboxylic acids is 1. The molecule has 0 spiro atoms. The highest BCUT2D eigenvalue weighted by molar-refractivity contribution is 7.99. The number of rotatable bonds is 13. The summed E-state index contributed by atoms with van der Waals surface area (Å²) in [7, 11) is 1.60. The summed E-state index contributed by atoms with van der Waals surface area (Å²) in [5, 5.41) is 22.4. The molecule has 2 N–H and O–H groups in total. The number of halogens is 3. The van der Waals surface area contributed by atoms with Crippen molar-refractivity contribution in [3.05, 3.63) is 65.1 Å². The monoisotopic (exact) mass is 647 g/mol. The number of morpholine rings is 1. The molecule has 45 heavy (non-hydrogen) atoms. The Kier molecular flexibility index (Phi) is 11.2. The molecule has 0 bridgehead atoms. The molecule has 8 nitrogen and oxygen atoms in total. The Morgan fingerprint density at radius 2 is 1.87 bits per heavy atom. The van der Waals surface area contributed by atoms with Crippen LogP contribution in [0.4, 0.5) is 13.2 Å². The number of pyridine rings is 1. The number of aliphatic carboxylic acids is 1. The molecule has 1 aromatic heterocycles. The van der Waals surface area contributed by atoms with Crippen molar-refractivity contribution in [1.29, 1.82) is 0 Å². The Balaban J connectivity index is 1.27. The Morgan fingerprint density at radius 3 is 2.58 bits per heavy atom. The van der Waals surface area contributed by atoms with Gasteiger partial charge in [-0.15, -0.1) is 11.8 Å². The van der Waals surface area contributed by atoms with E-state index in [1.165, 1.54) is 0 Å². The SMILES string of the molecule is COc1ccc2ncc(CN3CCOCC3)c([C@@H](O)CCC3(CC(=O)O)CCN(CCSc4cc(F)cc(F)c4F)CC3)c2c1. The van der Waals surface area contributed by atoms with E-state index in [2.05, 4.69) is 14.8 Å². The van der Waals surface area contributed by atoms with Crippen LogP contribution in [-0.4, -0.2) is 89.8 Å². The quantitative estimate of drug-likeness (QED) is 0.180. The Hall–Kier alpha value is -2.90. The van der Waals surface area contributed by atoms with Gasteiger partial charge < -0.3 is 24.6 Å². The first kappa shape index (κ1) is 33.5. The summed E-state index contributed by atoms with van der Waals surface area (Å²) in [4.78, 5) is 21.0. The molecule has 244 valence electrons. The molecule has 3 aromatic rings. The van der Waals surface area contributed by atoms with Gasteiger partial charge in [-0.1, -0.05) is 0 Å². The number of likely N-dealkylation sites (tertiary alicyclic amines) is 1. The third kappa shape index (κ3) is 8.48. The van der Waals surface area contributed by atoms with Crippen molar-refractivity contribution in [3.63, 3.8) is 0 Å². The molecule has 0 radical (unpaired) electrons. The molecule has 2 aromatic carbocycles. The lowest BCUT2D eigenvalue weighted by Gasteiger charge is -2.41. The van der Waals surface area contributed by atoms with Gasteiger partial charge in [-0.25, -0.2) is 13.2 Å². The molecule has 2 aliphatic heterocycles. The van der Waals surface area contributed by atoms with Gasteiger partial charge in [0.1, 0.15) is 11.6 Å². The number of hydrogen-bond acceptors (Lipinski definition) is 8. The summed E-state index contributed by atoms with van der Waals surface area (Å²) < 4.78 is 52.1. The number of hydrogen-bond donors (Lipinski definition) is 2. The van der Waals surface area contributed by atoms with Crippen LogP contribution in [-0.2, 0) is 16.1 Å². The minimum atomic E-state index is -1.21. The van der Waals surface area contributed by atoms with Gasteiger partial charge in [-0.05, 0) is 79.6 Å². The minimum Gasteiger partial charge on any atom is -0.497 e. The molecule has 3 heterocycles. The van der Waals surface area contributed by atoms with E-state index in [-0.39, 0.29) is 11.3 Å². The summed E-state index contributed by atoms with van der Waals surface area (Å²) >= 11 is 1.06. The molecule has 2 fully saturated rings. The van der Waals surface area contributed by atoms with E-state index in [0.29, 0.717) is 82.6 Å². The number of carboxylic acid groups (broad SMARTS) is 1. The second-order valence-electron chi connectivity index (χ2n) is 12.0. The number of nitrogens with zero attached hydrogens (tertiary/aromatic N) is 3. The minimum absolute atomic E-state index is 0.00163. The van der Waals surface area contributed by atoms with Gasteiger partial charge in [0, 0.05) is 54.5 Å². The lowest BCUT2D eigenvalue weighted by molar-refractivity contribution is -0.141. The number of ether oxygens (including phenoxy) is 2. The van der Waals surface area contributed by atoms with E-state index in [4.69, 9.17) is 9.47 Å². The smallest absolute Gasteiger partial charge is 0.303 e. The van der Waals surface area contributed by atoms with Gasteiger partial charge >= 0.3 is 5.97 Å². The van der Waals surface area contributed by atoms with Crippen molar-refractivity contribution in [2.45, 2.75) is 49.6 Å². The number of aliphatic hydroxyl groups is 1. The second-order valence-corrected chi connectivity index (χ2v) is 13.1. The first-order valence-corrected chi connectivity index (χ1v) is 16.3. The highest BCUT2D eigenvalue weighted by Gasteiger charge is 2.37. The zero-order chi connectivity index (χ0) is 32.0. The number of methoxy groups -OCH3 is 1. The molecule has 0 amide bonds. The van der Waals surface area contributed by atoms with Gasteiger partial charge in [0.2, 0.25) is 0 Å². The fraction of sp³-hybridized carbons (Fsp3) is 0.515. The second kappa shape index (κ2) is 15.1. The summed E-state index contributed by atoms with van der Waals surface area (Å²) in [6.07, 6.45) is 3.18. The third-order valence-corrected chi connectivity index (χ3v) is 10.0. The lowest BCUT2D eigenvalue weighted by atomic mass is 9.71. The Bertz CT molecular complexity index is 1480. The summed E-state index contributed by atoms with van der Waals surface area (Å²) in [6.45, 7) is 5.36. The normalized spacial score (nSPS) is 18.2. The van der Waals surface area contributed by atoms with Crippen LogP contribution in [0.1, 0.15) is 49.3 Å². The van der Waals surface area contributed by atoms with E-state index >= 15 is 0 Å². The standard InChI is InChI=1S/C33H40F3N3O5S/c1-43-24-2-3-27-25(18-24)31(22(20-37-27)21-39-10-13-44-14-11-39)28(40)4-5-33(19-30(41)42)6-8-38(9-7-33)12-15-45-29-17-23(34)16-26(35)32(29)36/h2-3,16-18,20,28,40H,4-15,19,21H2,1H3,(H,41,42)/t28-/m0/s1. The van der Waals surface area contributed by atoms with Gasteiger partial charge in [-0.2, -0.15) is 0 Å². The fourth-order valence-electron chi connectivity index (χ4n) is 6.48. The van der Waals surface area contributed by atoms with Gasteiger partial charge in [0.25, 0.3) is 0 Å². The number of benzene rings is 2. The van der Waals surface area contributed by atoms with Crippen molar-refractivity contribution in [3.8, 4) is 5.75 Å². The summed E-state index contributed by atoms with van der Waals surface area (Å²) in [5.74, 6) is -2.84. The zero-order valence-electron chi connectivity index (χ0n) is 25.4. The first-order valence-electron chi connectivity index (χ1n) is 15.3. The molecule has 0 aliphatic carbocycles. The third-order valence-electron chi connectivity index (χ3n) is 9.05. The molecule has 0 saturated carbocycles. The summed E-state index contributed by atoms with van der Waals surface area (Å²) in [6, 6.07) is 7.15. The lowest BCUT2D eigenvalue weighted by Crippen LogP contribution is -2.42. The highest BCUT2D eigenvalue weighted by atomic mass is 32.2. The van der Waals surface area contributed by atoms with Crippen LogP contribution in [0.5, 0.6) is 5.75 Å². The zero-order valence-corrected chi connectivity index (χ0v) is 26.3. The molecular weight excluding hydrogens is 607 g/mol. The van der Waals surface area contributed by atoms with Crippen molar-refractivity contribution in [2.24, 2.45) is 5.41 Å². The van der Waals surface area contributed by atoms with Crippen molar-refractivity contribution in [2.75, 3.05) is 58.8 Å². The predicted molar refractivity (Wildman–Crippen MR) is 166 cm³/mol. The van der Waals surface area contributed by atoms with Crippen LogP contribution in [0.15, 0.2) is 41.4 Å². The highest BCUT2D eigenvalue weighted by Crippen LogP contribution is 2.43. The number of aromatic nitrogens is 1. The van der Waals surface area contributed by atoms with Crippen molar-refractivity contribution < 1.29 is 37.7 Å². The molecule has 12 heteroatoms. The number of fused-ring (bicyclic) bond motifs is 1. The Morgan fingerprint density at radius 1 is 1.11 bits per heavy atom. The molecule has 2 saturated heterocycles. The van der Waals surface area contributed by atoms with Crippen LogP contribution in [0.2, 0.25) is 0 Å². The van der Waals surface area contributed by atoms with Crippen LogP contribution in [0.25, 0.3) is 10.9 Å². The van der Waals surface area contributed by atoms with Gasteiger partial charge in [-0.3, -0.25) is 14.7 Å². The summed E-state index contributed by atoms with van der Waals surface area (Å²) in [5.41, 5.74) is 1.99. The average molecular weight is 648 g/mol. The average Bonchev–Trinajstić information content (AvgIpc) is 3.03. The van der Waals surface area contributed by atoms with E-state index in [9.17, 15) is 28.2 Å². The van der Waals surface area contributed by atoms with Crippen LogP contribution < -0.4 is 4.74 Å². The number of aliphatic hydroxyl groups excluding tert-OH is 1. The van der Waals surface area contributed by atoms with E-state index in [1.54, 1.807) is 7.11 Å². The predicted octanol–water partition coefficient (Wildman–Crippen LogP) is 5.66. The van der Waals surface area contributed by atoms with Gasteiger partial charge in [0.15, 0.2) is 11.6 Å². The Labute approximate surface area is 265 Å². The van der Waals surface area contributed by atoms with Crippen LogP contribution in [0.3, 0.4) is 0 Å².